The molecule has 0 aliphatic rings. The predicted molar refractivity (Wildman–Crippen MR) is 49.4 cm³/mol. The Bertz CT molecular complexity index is 486. The molecule has 0 heterocycles. The van der Waals surface area contributed by atoms with E-state index in [9.17, 15) is 18.0 Å². The molecule has 1 aromatic rings. The largest absolute Gasteiger partial charge is 0.417 e. The van der Waals surface area contributed by atoms with E-state index in [1.807, 2.05) is 0 Å². The van der Waals surface area contributed by atoms with Crippen molar-refractivity contribution in [1.29, 1.82) is 5.26 Å². The van der Waals surface area contributed by atoms with Gasteiger partial charge in [0.05, 0.1) is 22.8 Å². The molecule has 6 heteroatoms. The smallest absolute Gasteiger partial charge is 0.366 e. The van der Waals surface area contributed by atoms with Gasteiger partial charge in [0.1, 0.15) is 0 Å². The first kappa shape index (κ1) is 12.0. The summed E-state index contributed by atoms with van der Waals surface area (Å²) in [5.74, 6) is -1.16. The Hall–Kier alpha value is -2.03. The van der Waals surface area contributed by atoms with Crippen LogP contribution in [-0.2, 0) is 6.18 Å². The van der Waals surface area contributed by atoms with Gasteiger partial charge in [0.2, 0.25) is 5.91 Å². The fraction of sp³-hybridized carbons (Fsp3) is 0.200. The molecular formula is C10H7F3N2O. The maximum atomic E-state index is 12.6. The number of nitrogens with zero attached hydrogens (tertiary/aromatic N) is 1. The topological polar surface area (TPSA) is 66.9 Å². The lowest BCUT2D eigenvalue weighted by Gasteiger charge is -2.13. The number of benzene rings is 1. The lowest BCUT2D eigenvalue weighted by Crippen LogP contribution is -2.20. The summed E-state index contributed by atoms with van der Waals surface area (Å²) in [7, 11) is 0. The Morgan fingerprint density at radius 3 is 2.38 bits per heavy atom. The zero-order valence-electron chi connectivity index (χ0n) is 8.22. The highest BCUT2D eigenvalue weighted by Crippen LogP contribution is 2.33. The number of nitrogens with two attached hydrogens (primary N) is 1. The van der Waals surface area contributed by atoms with Crippen molar-refractivity contribution in [3.05, 3.63) is 34.4 Å². The summed E-state index contributed by atoms with van der Waals surface area (Å²) in [6, 6.07) is 3.40. The van der Waals surface area contributed by atoms with Gasteiger partial charge in [-0.25, -0.2) is 0 Å². The monoisotopic (exact) mass is 228 g/mol. The summed E-state index contributed by atoms with van der Waals surface area (Å²) in [4.78, 5) is 10.9. The molecule has 0 bridgehead atoms. The van der Waals surface area contributed by atoms with Crippen LogP contribution in [0.1, 0.15) is 27.0 Å². The minimum Gasteiger partial charge on any atom is -0.366 e. The lowest BCUT2D eigenvalue weighted by atomic mass is 9.98. The summed E-state index contributed by atoms with van der Waals surface area (Å²) < 4.78 is 37.8. The minimum atomic E-state index is -4.71. The number of hydrogen-bond acceptors (Lipinski definition) is 2. The van der Waals surface area contributed by atoms with Crippen molar-refractivity contribution in [1.82, 2.24) is 0 Å². The third-order valence-electron chi connectivity index (χ3n) is 2.02. The third kappa shape index (κ3) is 2.14. The van der Waals surface area contributed by atoms with E-state index in [0.717, 1.165) is 0 Å². The summed E-state index contributed by atoms with van der Waals surface area (Å²) in [6.07, 6.45) is -4.71. The maximum absolute atomic E-state index is 12.6. The number of hydrogen-bond donors (Lipinski definition) is 1. The fourth-order valence-corrected chi connectivity index (χ4v) is 1.40. The molecular weight excluding hydrogens is 221 g/mol. The molecule has 0 saturated heterocycles. The molecule has 0 saturated carbocycles. The zero-order valence-corrected chi connectivity index (χ0v) is 8.22. The van der Waals surface area contributed by atoms with Gasteiger partial charge >= 0.3 is 6.18 Å². The predicted octanol–water partition coefficient (Wildman–Crippen LogP) is 1.98. The van der Waals surface area contributed by atoms with Crippen molar-refractivity contribution >= 4 is 5.91 Å². The second-order valence-electron chi connectivity index (χ2n) is 3.19. The van der Waals surface area contributed by atoms with Crippen LogP contribution in [0.2, 0.25) is 0 Å². The average molecular weight is 228 g/mol. The van der Waals surface area contributed by atoms with E-state index < -0.39 is 23.2 Å². The first-order valence-corrected chi connectivity index (χ1v) is 4.19. The SMILES string of the molecule is Cc1cc(C#N)cc(C(F)(F)F)c1C(N)=O. The van der Waals surface area contributed by atoms with E-state index in [1.165, 1.54) is 13.0 Å². The first-order valence-electron chi connectivity index (χ1n) is 4.19. The second-order valence-corrected chi connectivity index (χ2v) is 3.19. The first-order chi connectivity index (χ1) is 7.27. The number of aryl methyl sites for hydroxylation is 1. The summed E-state index contributed by atoms with van der Waals surface area (Å²) in [5, 5.41) is 8.55. The number of carbonyl (C=O) groups is 1. The second kappa shape index (κ2) is 3.85. The molecule has 0 aliphatic heterocycles. The van der Waals surface area contributed by atoms with Gasteiger partial charge in [-0.2, -0.15) is 18.4 Å². The van der Waals surface area contributed by atoms with Crippen LogP contribution < -0.4 is 5.73 Å². The van der Waals surface area contributed by atoms with Crippen LogP contribution in [0.15, 0.2) is 12.1 Å². The van der Waals surface area contributed by atoms with Crippen molar-refractivity contribution in [2.75, 3.05) is 0 Å². The number of primary amides is 1. The van der Waals surface area contributed by atoms with Crippen LogP contribution >= 0.6 is 0 Å². The molecule has 0 unspecified atom stereocenters. The van der Waals surface area contributed by atoms with Crippen molar-refractivity contribution in [3.63, 3.8) is 0 Å². The Morgan fingerprint density at radius 1 is 1.44 bits per heavy atom. The number of carbonyl (C=O) groups excluding carboxylic acids is 1. The molecule has 1 amide bonds. The van der Waals surface area contributed by atoms with Gasteiger partial charge in [0, 0.05) is 0 Å². The van der Waals surface area contributed by atoms with Crippen molar-refractivity contribution in [2.24, 2.45) is 5.73 Å². The number of alkyl halides is 3. The average Bonchev–Trinajstić information content (AvgIpc) is 2.14. The van der Waals surface area contributed by atoms with E-state index in [4.69, 9.17) is 11.0 Å². The van der Waals surface area contributed by atoms with Crippen LogP contribution in [0.5, 0.6) is 0 Å². The van der Waals surface area contributed by atoms with E-state index in [2.05, 4.69) is 0 Å². The van der Waals surface area contributed by atoms with Crippen LogP contribution in [-0.4, -0.2) is 5.91 Å². The van der Waals surface area contributed by atoms with E-state index in [1.54, 1.807) is 6.07 Å². The van der Waals surface area contributed by atoms with Gasteiger partial charge in [-0.15, -0.1) is 0 Å². The van der Waals surface area contributed by atoms with Crippen LogP contribution in [0.4, 0.5) is 13.2 Å². The van der Waals surface area contributed by atoms with Gasteiger partial charge < -0.3 is 5.73 Å². The highest BCUT2D eigenvalue weighted by Gasteiger charge is 2.36. The van der Waals surface area contributed by atoms with Gasteiger partial charge in [0.25, 0.3) is 0 Å². The van der Waals surface area contributed by atoms with Crippen molar-refractivity contribution < 1.29 is 18.0 Å². The van der Waals surface area contributed by atoms with Gasteiger partial charge in [0.15, 0.2) is 0 Å². The molecule has 0 fully saturated rings. The Kier molecular flexibility index (Phi) is 2.90. The van der Waals surface area contributed by atoms with E-state index in [-0.39, 0.29) is 11.1 Å². The molecule has 0 spiro atoms. The highest BCUT2D eigenvalue weighted by molar-refractivity contribution is 5.96. The van der Waals surface area contributed by atoms with Crippen molar-refractivity contribution in [3.8, 4) is 6.07 Å². The van der Waals surface area contributed by atoms with Crippen LogP contribution in [0, 0.1) is 18.3 Å². The summed E-state index contributed by atoms with van der Waals surface area (Å²) in [6.45, 7) is 1.30. The van der Waals surface area contributed by atoms with Gasteiger partial charge in [-0.05, 0) is 24.6 Å². The van der Waals surface area contributed by atoms with Gasteiger partial charge in [-0.1, -0.05) is 0 Å². The van der Waals surface area contributed by atoms with Crippen LogP contribution in [0.25, 0.3) is 0 Å². The standard InChI is InChI=1S/C10H7F3N2O/c1-5-2-6(4-14)3-7(10(11,12)13)8(5)9(15)16/h2-3H,1H3,(H2,15,16). The lowest BCUT2D eigenvalue weighted by molar-refractivity contribution is -0.138. The molecule has 2 N–H and O–H groups in total. The molecule has 1 rings (SSSR count). The molecule has 16 heavy (non-hydrogen) atoms. The Balaban J connectivity index is 3.61. The van der Waals surface area contributed by atoms with Gasteiger partial charge in [-0.3, -0.25) is 4.79 Å². The zero-order chi connectivity index (χ0) is 12.5. The van der Waals surface area contributed by atoms with E-state index >= 15 is 0 Å². The molecule has 0 atom stereocenters. The number of rotatable bonds is 1. The quantitative estimate of drug-likeness (QED) is 0.798. The Morgan fingerprint density at radius 2 is 2.00 bits per heavy atom. The van der Waals surface area contributed by atoms with Crippen LogP contribution in [0.3, 0.4) is 0 Å². The number of halogens is 3. The third-order valence-corrected chi connectivity index (χ3v) is 2.02. The molecule has 1 aromatic carbocycles. The maximum Gasteiger partial charge on any atom is 0.417 e. The minimum absolute atomic E-state index is 0.0406. The molecule has 3 nitrogen and oxygen atoms in total. The van der Waals surface area contributed by atoms with E-state index in [0.29, 0.717) is 6.07 Å². The normalized spacial score (nSPS) is 10.9. The van der Waals surface area contributed by atoms with Crippen molar-refractivity contribution in [2.45, 2.75) is 13.1 Å². The summed E-state index contributed by atoms with van der Waals surface area (Å²) in [5.41, 5.74) is 3.00. The number of nitriles is 1. The highest BCUT2D eigenvalue weighted by atomic mass is 19.4. The molecule has 0 aromatic heterocycles. The molecule has 0 radical (unpaired) electrons. The molecule has 0 aliphatic carbocycles. The summed E-state index contributed by atoms with van der Waals surface area (Å²) >= 11 is 0. The number of amides is 1. The Labute approximate surface area is 89.3 Å². The fourth-order valence-electron chi connectivity index (χ4n) is 1.40. The molecule has 84 valence electrons.